The average molecular weight is 1610 g/mol. The topological polar surface area (TPSA) is 719 Å². The normalized spacial score (nSPS) is 15.6. The van der Waals surface area contributed by atoms with Crippen LogP contribution in [0.1, 0.15) is 69.5 Å². The molecular weight excluding hydrogens is 1520 g/mol. The number of phenolic OH excluding ortho intramolecular Hbond substituents is 1. The fraction of sp³-hybridized carbons (Fsp3) is 0.541. The summed E-state index contributed by atoms with van der Waals surface area (Å²) in [5.41, 5.74) is 27.7. The van der Waals surface area contributed by atoms with Crippen molar-refractivity contribution in [3.05, 3.63) is 48.0 Å². The number of aromatic nitrogens is 2. The predicted octanol–water partition coefficient (Wildman–Crippen LogP) is -11.7. The summed E-state index contributed by atoms with van der Waals surface area (Å²) in [6.07, 6.45) is -0.558. The molecule has 16 amide bonds. The Labute approximate surface area is 643 Å². The Balaban J connectivity index is 1.72. The van der Waals surface area contributed by atoms with Crippen LogP contribution in [0.25, 0.3) is 0 Å². The van der Waals surface area contributed by atoms with E-state index in [0.29, 0.717) is 5.69 Å². The summed E-state index contributed by atoms with van der Waals surface area (Å²) in [6, 6.07) is -15.2. The third-order valence-corrected chi connectivity index (χ3v) is 17.3. The quantitative estimate of drug-likeness (QED) is 0.0127. The zero-order chi connectivity index (χ0) is 81.8. The lowest BCUT2D eigenvalue weighted by atomic mass is 10.0. The highest BCUT2D eigenvalue weighted by molar-refractivity contribution is 7.80. The second-order valence-electron chi connectivity index (χ2n) is 24.3. The van der Waals surface area contributed by atoms with Gasteiger partial charge in [0, 0.05) is 67.3 Å². The number of guanidine groups is 1. The number of carboxylic acids is 2. The van der Waals surface area contributed by atoms with Gasteiger partial charge < -0.3 is 128 Å². The maximum Gasteiger partial charge on any atom is 0.327 e. The van der Waals surface area contributed by atoms with Crippen molar-refractivity contribution in [1.82, 2.24) is 84.0 Å². The maximum atomic E-state index is 14.5. The summed E-state index contributed by atoms with van der Waals surface area (Å²) in [5.74, 6) is -21.5. The number of hydrogen-bond acceptors (Lipinski definition) is 27. The second-order valence-corrected chi connectivity index (χ2v) is 25.8. The molecule has 0 radical (unpaired) electrons. The van der Waals surface area contributed by atoms with Gasteiger partial charge in [0.2, 0.25) is 94.5 Å². The third kappa shape index (κ3) is 32.7. The number of nitrogens with one attached hydrogen (secondary N) is 14. The number of nitrogens with two attached hydrogens (primary N) is 5. The van der Waals surface area contributed by atoms with E-state index in [-0.39, 0.29) is 74.0 Å². The molecule has 0 saturated carbocycles. The highest BCUT2D eigenvalue weighted by Crippen LogP contribution is 2.21. The summed E-state index contributed by atoms with van der Waals surface area (Å²) < 4.78 is 0. The van der Waals surface area contributed by atoms with Crippen LogP contribution in [-0.2, 0) is 99.1 Å². The monoisotopic (exact) mass is 1610 g/mol. The lowest BCUT2D eigenvalue weighted by Gasteiger charge is -2.30. The first kappa shape index (κ1) is 92.5. The number of hydrogen-bond donors (Lipinski definition) is 27. The minimum atomic E-state index is -1.95. The molecule has 1 fully saturated rings. The Morgan fingerprint density at radius 2 is 1.04 bits per heavy atom. The standard InChI is InChI=1S/C61H92N22O22S4/c1-27(48(92)79-38(22-106)50(94)70-20-46(89)74-33(10-11-43(63)86)52(96)76-35(17-44(64)87)54(98)75-34(14-28-6-8-30(85)9-7-28)53(97)78-37(21-84)55(99)82-41(25-109)60(104)105)72-58(102)42-5-3-13-83(42)59(103)36(15-29-18-67-26-71-29)77-56(100)39(23-107)81-57(101)40(24-108)80-51(95)32(4-2-12-68-61(65)66)73-45(88)19-69-49(93)31(62)16-47(90)91/h6-9,18,26-27,31-42,84-85,106-109H,2-5,10-17,19-25,62H2,1H3,(H2,63,86)(H2,64,87)(H,67,71)(H,69,93)(H,70,94)(H,72,102)(H,73,88)(H,74,89)(H,75,98)(H,76,96)(H,77,100)(H,78,97)(H,79,92)(H,80,95)(H,81,101)(H,82,99)(H,90,91)(H,104,105)(H4,65,66,68)/t27-,31-,32-,33-,34-,35-,36-,37-,38-,39-,40-,41-,42-/m0/s1. The van der Waals surface area contributed by atoms with Gasteiger partial charge in [0.1, 0.15) is 78.3 Å². The first-order valence-corrected chi connectivity index (χ1v) is 35.8. The number of nitrogens with zero attached hydrogens (tertiary/aromatic N) is 3. The van der Waals surface area contributed by atoms with E-state index in [1.807, 2.05) is 0 Å². The predicted molar refractivity (Wildman–Crippen MR) is 394 cm³/mol. The molecule has 1 saturated heterocycles. The van der Waals surface area contributed by atoms with Crippen LogP contribution in [-0.4, -0.2) is 282 Å². The number of aliphatic hydroxyl groups is 1. The van der Waals surface area contributed by atoms with Crippen LogP contribution in [0.5, 0.6) is 5.75 Å². The van der Waals surface area contributed by atoms with Crippen molar-refractivity contribution in [2.24, 2.45) is 33.7 Å². The number of carbonyl (C=O) groups is 18. The van der Waals surface area contributed by atoms with Gasteiger partial charge >= 0.3 is 11.9 Å². The molecule has 13 atom stereocenters. The number of carbonyl (C=O) groups excluding carboxylic acids is 16. The molecule has 0 bridgehead atoms. The molecule has 1 aromatic heterocycles. The molecule has 0 spiro atoms. The number of aliphatic carboxylic acids is 2. The van der Waals surface area contributed by atoms with Gasteiger partial charge in [0.05, 0.1) is 44.9 Å². The van der Waals surface area contributed by atoms with Crippen molar-refractivity contribution in [2.75, 3.05) is 55.8 Å². The summed E-state index contributed by atoms with van der Waals surface area (Å²) in [7, 11) is 0. The number of thiol groups is 4. The van der Waals surface area contributed by atoms with Gasteiger partial charge in [-0.2, -0.15) is 50.5 Å². The number of aliphatic hydroxyl groups excluding tert-OH is 1. The smallest absolute Gasteiger partial charge is 0.327 e. The number of imidazole rings is 1. The van der Waals surface area contributed by atoms with Gasteiger partial charge in [0.25, 0.3) is 0 Å². The molecular formula is C61H92N22O22S4. The number of amides is 16. The summed E-state index contributed by atoms with van der Waals surface area (Å²) in [5, 5.41) is 68.3. The minimum Gasteiger partial charge on any atom is -0.508 e. The van der Waals surface area contributed by atoms with Gasteiger partial charge in [-0.05, 0) is 56.7 Å². The van der Waals surface area contributed by atoms with Crippen LogP contribution in [0.2, 0.25) is 0 Å². The number of primary amides is 2. The molecule has 44 nitrogen and oxygen atoms in total. The van der Waals surface area contributed by atoms with E-state index in [2.05, 4.69) is 135 Å². The van der Waals surface area contributed by atoms with Crippen molar-refractivity contribution < 1.29 is 107 Å². The number of aromatic hydroxyl groups is 1. The Bertz CT molecular complexity index is 3600. The molecule has 1 aromatic carbocycles. The van der Waals surface area contributed by atoms with Gasteiger partial charge in [-0.15, -0.1) is 0 Å². The molecule has 1 aliphatic heterocycles. The largest absolute Gasteiger partial charge is 0.508 e. The summed E-state index contributed by atoms with van der Waals surface area (Å²) in [4.78, 5) is 249. The van der Waals surface area contributed by atoms with E-state index in [9.17, 15) is 102 Å². The highest BCUT2D eigenvalue weighted by Gasteiger charge is 2.41. The van der Waals surface area contributed by atoms with E-state index in [0.717, 1.165) is 4.90 Å². The lowest BCUT2D eigenvalue weighted by Crippen LogP contribution is -2.61. The number of rotatable bonds is 48. The van der Waals surface area contributed by atoms with Crippen molar-refractivity contribution in [3.8, 4) is 5.75 Å². The fourth-order valence-corrected chi connectivity index (χ4v) is 11.1. The fourth-order valence-electron chi connectivity index (χ4n) is 10.0. The number of H-pyrrole nitrogens is 1. The first-order valence-electron chi connectivity index (χ1n) is 33.3. The van der Waals surface area contributed by atoms with Crippen LogP contribution < -0.4 is 97.8 Å². The molecule has 48 heteroatoms. The molecule has 0 aliphatic carbocycles. The van der Waals surface area contributed by atoms with Gasteiger partial charge in [-0.25, -0.2) is 9.78 Å². The van der Waals surface area contributed by atoms with E-state index >= 15 is 0 Å². The molecule has 602 valence electrons. The second kappa shape index (κ2) is 47.2. The van der Waals surface area contributed by atoms with Crippen LogP contribution in [0.15, 0.2) is 41.8 Å². The van der Waals surface area contributed by atoms with Crippen LogP contribution in [0.3, 0.4) is 0 Å². The number of aliphatic imine (C=N–C) groups is 1. The van der Waals surface area contributed by atoms with Crippen LogP contribution in [0.4, 0.5) is 0 Å². The average Bonchev–Trinajstić information content (AvgIpc) is 1.73. The highest BCUT2D eigenvalue weighted by atomic mass is 32.1. The first-order chi connectivity index (χ1) is 51.4. The van der Waals surface area contributed by atoms with Gasteiger partial charge in [-0.1, -0.05) is 12.1 Å². The molecule has 109 heavy (non-hydrogen) atoms. The molecule has 0 unspecified atom stereocenters. The van der Waals surface area contributed by atoms with Crippen molar-refractivity contribution in [1.29, 1.82) is 0 Å². The van der Waals surface area contributed by atoms with Crippen LogP contribution >= 0.6 is 50.5 Å². The number of aromatic amines is 1. The van der Waals surface area contributed by atoms with Gasteiger partial charge in [-0.3, -0.25) is 86.5 Å². The third-order valence-electron chi connectivity index (χ3n) is 15.8. The number of phenols is 1. The zero-order valence-corrected chi connectivity index (χ0v) is 62.1. The van der Waals surface area contributed by atoms with E-state index < -0.39 is 248 Å². The van der Waals surface area contributed by atoms with Crippen molar-refractivity contribution >= 4 is 163 Å². The number of carboxylic acid groups (broad SMARTS) is 2. The Hall–Kier alpha value is -10.7. The SMILES string of the molecule is C[C@H](NC(=O)[C@@H]1CCCN1C(=O)[C@H](Cc1cnc[nH]1)NC(=O)[C@H](CS)NC(=O)[C@H](CS)NC(=O)[C@H](CCCN=C(N)N)NC(=O)CNC(=O)[C@@H](N)CC(=O)O)C(=O)N[C@@H](CS)C(=O)NCC(=O)N[C@@H](CCC(N)=O)C(=O)N[C@@H](CC(N)=O)C(=O)N[C@@H](Cc1ccc(O)cc1)C(=O)N[C@@H](CO)C(=O)N[C@@H](CS)C(=O)O. The number of likely N-dealkylation sites (tertiary alicyclic amines) is 1. The van der Waals surface area contributed by atoms with E-state index in [1.165, 1.54) is 43.7 Å². The Kier molecular flexibility index (Phi) is 40.0. The summed E-state index contributed by atoms with van der Waals surface area (Å²) in [6.45, 7) is -1.54. The minimum absolute atomic E-state index is 0.000189. The van der Waals surface area contributed by atoms with Crippen LogP contribution in [0, 0.1) is 0 Å². The van der Waals surface area contributed by atoms with E-state index in [1.54, 1.807) is 0 Å². The van der Waals surface area contributed by atoms with Crippen molar-refractivity contribution in [2.45, 2.75) is 150 Å². The molecule has 2 heterocycles. The van der Waals surface area contributed by atoms with E-state index in [4.69, 9.17) is 33.8 Å². The van der Waals surface area contributed by atoms with Crippen molar-refractivity contribution in [3.63, 3.8) is 0 Å². The lowest BCUT2D eigenvalue weighted by molar-refractivity contribution is -0.142. The summed E-state index contributed by atoms with van der Waals surface area (Å²) >= 11 is 16.4. The molecule has 28 N–H and O–H groups in total. The Morgan fingerprint density at radius 1 is 0.560 bits per heavy atom. The Morgan fingerprint density at radius 3 is 1.55 bits per heavy atom. The zero-order valence-electron chi connectivity index (χ0n) is 58.6. The van der Waals surface area contributed by atoms with Gasteiger partial charge in [0.15, 0.2) is 5.96 Å². The number of benzene rings is 1. The molecule has 3 rings (SSSR count). The maximum absolute atomic E-state index is 14.5. The molecule has 1 aliphatic rings. The molecule has 2 aromatic rings.